The van der Waals surface area contributed by atoms with Crippen molar-refractivity contribution < 1.29 is 4.57 Å². The number of hydrogen-bond acceptors (Lipinski definition) is 2. The molecule has 0 saturated heterocycles. The van der Waals surface area contributed by atoms with Gasteiger partial charge in [-0.3, -0.25) is 0 Å². The van der Waals surface area contributed by atoms with Crippen molar-refractivity contribution in [3.8, 4) is 22.4 Å². The molecule has 0 atom stereocenters. The second-order valence-electron chi connectivity index (χ2n) is 9.11. The summed E-state index contributed by atoms with van der Waals surface area (Å²) < 4.78 is 2.27. The molecule has 3 nitrogen and oxygen atoms in total. The molecule has 0 aliphatic heterocycles. The summed E-state index contributed by atoms with van der Waals surface area (Å²) in [7, 11) is 2.15. The molecule has 4 aromatic rings. The van der Waals surface area contributed by atoms with Gasteiger partial charge in [0, 0.05) is 29.3 Å². The molecule has 31 heavy (non-hydrogen) atoms. The number of fused-ring (bicyclic) bond motifs is 1. The largest absolute Gasteiger partial charge is 0.240 e. The number of benzene rings is 2. The number of nitrogens with zero attached hydrogens (tertiary/aromatic N) is 3. The summed E-state index contributed by atoms with van der Waals surface area (Å²) in [4.78, 5) is 9.54. The molecule has 0 N–H and O–H groups in total. The highest BCUT2D eigenvalue weighted by Gasteiger charge is 2.23. The van der Waals surface area contributed by atoms with E-state index in [-0.39, 0.29) is 0 Å². The summed E-state index contributed by atoms with van der Waals surface area (Å²) >= 11 is 0. The van der Waals surface area contributed by atoms with Gasteiger partial charge in [0.2, 0.25) is 5.69 Å². The molecule has 0 unspecified atom stereocenters. The Morgan fingerprint density at radius 2 is 1.55 bits per heavy atom. The highest BCUT2D eigenvalue weighted by atomic mass is 14.9. The molecular weight excluding hydrogens is 378 g/mol. The van der Waals surface area contributed by atoms with Gasteiger partial charge in [-0.2, -0.15) is 4.57 Å². The molecule has 1 aliphatic carbocycles. The van der Waals surface area contributed by atoms with Crippen molar-refractivity contribution in [2.75, 3.05) is 0 Å². The first-order valence-electron chi connectivity index (χ1n) is 11.3. The van der Waals surface area contributed by atoms with E-state index in [1.54, 1.807) is 0 Å². The lowest BCUT2D eigenvalue weighted by Gasteiger charge is -2.14. The van der Waals surface area contributed by atoms with Crippen molar-refractivity contribution >= 4 is 10.8 Å². The molecule has 2 aromatic heterocycles. The van der Waals surface area contributed by atoms with Gasteiger partial charge >= 0.3 is 0 Å². The van der Waals surface area contributed by atoms with Crippen molar-refractivity contribution in [2.45, 2.75) is 52.4 Å². The lowest BCUT2D eigenvalue weighted by molar-refractivity contribution is -0.658. The SMILES string of the molecule is Cc1cc(C)c(C)c(-c2c3ccccc3c(-c3cnc(C4CCCC4)nc3)c[n+]2C)c1. The van der Waals surface area contributed by atoms with Crippen LogP contribution in [-0.2, 0) is 7.05 Å². The fourth-order valence-electron chi connectivity index (χ4n) is 5.17. The predicted molar refractivity (Wildman–Crippen MR) is 127 cm³/mol. The van der Waals surface area contributed by atoms with E-state index in [1.165, 1.54) is 70.0 Å². The Labute approximate surface area is 184 Å². The van der Waals surface area contributed by atoms with Crippen LogP contribution in [0.3, 0.4) is 0 Å². The zero-order valence-corrected chi connectivity index (χ0v) is 18.9. The van der Waals surface area contributed by atoms with Crippen LogP contribution in [0.5, 0.6) is 0 Å². The van der Waals surface area contributed by atoms with Crippen LogP contribution in [0.15, 0.2) is 55.0 Å². The maximum atomic E-state index is 4.77. The van der Waals surface area contributed by atoms with Crippen molar-refractivity contribution in [1.29, 1.82) is 0 Å². The van der Waals surface area contributed by atoms with E-state index in [0.717, 1.165) is 11.4 Å². The van der Waals surface area contributed by atoms with Gasteiger partial charge in [-0.1, -0.05) is 42.7 Å². The van der Waals surface area contributed by atoms with Crippen molar-refractivity contribution in [2.24, 2.45) is 7.05 Å². The monoisotopic (exact) mass is 408 g/mol. The molecule has 1 saturated carbocycles. The number of pyridine rings is 1. The number of aryl methyl sites for hydroxylation is 3. The van der Waals surface area contributed by atoms with Crippen molar-refractivity contribution in [3.63, 3.8) is 0 Å². The lowest BCUT2D eigenvalue weighted by Crippen LogP contribution is -2.31. The van der Waals surface area contributed by atoms with Crippen molar-refractivity contribution in [3.05, 3.63) is 77.5 Å². The minimum Gasteiger partial charge on any atom is -0.240 e. The number of aromatic nitrogens is 3. The third kappa shape index (κ3) is 3.52. The van der Waals surface area contributed by atoms with E-state index in [1.807, 2.05) is 12.4 Å². The summed E-state index contributed by atoms with van der Waals surface area (Å²) in [5.41, 5.74) is 8.78. The van der Waals surface area contributed by atoms with Gasteiger partial charge < -0.3 is 0 Å². The summed E-state index contributed by atoms with van der Waals surface area (Å²) in [6, 6.07) is 13.3. The molecular formula is C28H30N3+. The normalized spacial score (nSPS) is 14.5. The molecule has 3 heteroatoms. The third-order valence-corrected chi connectivity index (χ3v) is 6.92. The zero-order valence-electron chi connectivity index (χ0n) is 18.9. The average molecular weight is 409 g/mol. The van der Waals surface area contributed by atoms with Crippen molar-refractivity contribution in [1.82, 2.24) is 9.97 Å². The smallest absolute Gasteiger partial charge is 0.220 e. The Morgan fingerprint density at radius 1 is 0.871 bits per heavy atom. The summed E-state index contributed by atoms with van der Waals surface area (Å²) in [6.45, 7) is 6.60. The maximum absolute atomic E-state index is 4.77. The summed E-state index contributed by atoms with van der Waals surface area (Å²) in [5.74, 6) is 1.55. The fraction of sp³-hybridized carbons (Fsp3) is 0.321. The summed E-state index contributed by atoms with van der Waals surface area (Å²) in [6.07, 6.45) is 11.3. The van der Waals surface area contributed by atoms with Crippen LogP contribution in [-0.4, -0.2) is 9.97 Å². The molecule has 5 rings (SSSR count). The molecule has 1 fully saturated rings. The molecule has 2 aromatic carbocycles. The van der Waals surface area contributed by atoms with Crippen LogP contribution in [0.4, 0.5) is 0 Å². The first kappa shape index (κ1) is 19.9. The Hall–Kier alpha value is -3.07. The summed E-state index contributed by atoms with van der Waals surface area (Å²) in [5, 5.41) is 2.50. The van der Waals surface area contributed by atoms with Gasteiger partial charge in [0.1, 0.15) is 12.9 Å². The van der Waals surface area contributed by atoms with Crippen LogP contribution in [0.2, 0.25) is 0 Å². The van der Waals surface area contributed by atoms with Gasteiger partial charge in [0.05, 0.1) is 16.5 Å². The van der Waals surface area contributed by atoms with E-state index in [0.29, 0.717) is 5.92 Å². The highest BCUT2D eigenvalue weighted by molar-refractivity contribution is 6.02. The molecule has 0 radical (unpaired) electrons. The van der Waals surface area contributed by atoms with E-state index in [2.05, 4.69) is 75.0 Å². The lowest BCUT2D eigenvalue weighted by atomic mass is 9.92. The van der Waals surface area contributed by atoms with Crippen LogP contribution in [0.1, 0.15) is 54.1 Å². The standard InChI is InChI=1S/C28H30N3/c1-18-13-19(2)20(3)25(14-18)27-24-12-8-7-11-23(24)26(17-31(27)4)22-15-29-28(30-16-22)21-9-5-6-10-21/h7-8,11-17,21H,5-6,9-10H2,1-4H3/q+1. The third-order valence-electron chi connectivity index (χ3n) is 6.92. The van der Waals surface area contributed by atoms with Gasteiger partial charge in [-0.05, 0) is 56.9 Å². The molecule has 0 amide bonds. The van der Waals surface area contributed by atoms with Crippen LogP contribution in [0.25, 0.3) is 33.2 Å². The maximum Gasteiger partial charge on any atom is 0.220 e. The van der Waals surface area contributed by atoms with E-state index >= 15 is 0 Å². The number of rotatable bonds is 3. The Bertz CT molecular complexity index is 1270. The minimum absolute atomic E-state index is 0.539. The molecule has 156 valence electrons. The minimum atomic E-state index is 0.539. The molecule has 2 heterocycles. The quantitative estimate of drug-likeness (QED) is 0.369. The van der Waals surface area contributed by atoms with Gasteiger partial charge in [-0.25, -0.2) is 9.97 Å². The van der Waals surface area contributed by atoms with Gasteiger partial charge in [0.15, 0.2) is 6.20 Å². The fourth-order valence-corrected chi connectivity index (χ4v) is 5.17. The van der Waals surface area contributed by atoms with Crippen LogP contribution < -0.4 is 4.57 Å². The first-order valence-corrected chi connectivity index (χ1v) is 11.3. The Balaban J connectivity index is 1.68. The van der Waals surface area contributed by atoms with Crippen LogP contribution in [0, 0.1) is 20.8 Å². The second-order valence-corrected chi connectivity index (χ2v) is 9.11. The zero-order chi connectivity index (χ0) is 21.5. The predicted octanol–water partition coefficient (Wildman–Crippen LogP) is 6.37. The van der Waals surface area contributed by atoms with E-state index < -0.39 is 0 Å². The topological polar surface area (TPSA) is 29.7 Å². The number of hydrogen-bond donors (Lipinski definition) is 0. The average Bonchev–Trinajstić information content (AvgIpc) is 3.31. The van der Waals surface area contributed by atoms with Crippen LogP contribution >= 0.6 is 0 Å². The van der Waals surface area contributed by atoms with E-state index in [9.17, 15) is 0 Å². The van der Waals surface area contributed by atoms with Gasteiger partial charge in [-0.15, -0.1) is 0 Å². The van der Waals surface area contributed by atoms with E-state index in [4.69, 9.17) is 9.97 Å². The Morgan fingerprint density at radius 3 is 2.26 bits per heavy atom. The second kappa shape index (κ2) is 7.88. The molecule has 1 aliphatic rings. The Kier molecular flexibility index (Phi) is 5.05. The molecule has 0 spiro atoms. The molecule has 0 bridgehead atoms. The van der Waals surface area contributed by atoms with Gasteiger partial charge in [0.25, 0.3) is 0 Å². The highest BCUT2D eigenvalue weighted by Crippen LogP contribution is 2.36. The first-order chi connectivity index (χ1) is 15.0.